The number of aryl methyl sites for hydroxylation is 2. The van der Waals surface area contributed by atoms with Crippen LogP contribution in [0.2, 0.25) is 0 Å². The van der Waals surface area contributed by atoms with E-state index < -0.39 is 0 Å². The van der Waals surface area contributed by atoms with Crippen LogP contribution in [0, 0.1) is 13.8 Å². The van der Waals surface area contributed by atoms with Crippen LogP contribution in [0.25, 0.3) is 10.9 Å². The van der Waals surface area contributed by atoms with Gasteiger partial charge in [0, 0.05) is 29.2 Å². The highest BCUT2D eigenvalue weighted by atomic mass is 16.1. The molecule has 3 aromatic rings. The Bertz CT molecular complexity index is 817. The van der Waals surface area contributed by atoms with E-state index >= 15 is 0 Å². The van der Waals surface area contributed by atoms with E-state index in [-0.39, 0.29) is 5.91 Å². The molecule has 0 aliphatic carbocycles. The van der Waals surface area contributed by atoms with E-state index in [1.54, 1.807) is 0 Å². The highest BCUT2D eigenvalue weighted by Crippen LogP contribution is 2.20. The molecule has 2 aromatic carbocycles. The standard InChI is InChI=1S/C19H20N2O/c1-13-5-3-7-17(14(13)2)21-19(22)10-9-15-6-4-8-18-16(15)11-12-20-18/h3-8,11-12,20H,9-10H2,1-2H3,(H,21,22). The molecule has 0 saturated carbocycles. The summed E-state index contributed by atoms with van der Waals surface area (Å²) in [4.78, 5) is 15.4. The Balaban J connectivity index is 1.68. The predicted octanol–water partition coefficient (Wildman–Crippen LogP) is 4.36. The highest BCUT2D eigenvalue weighted by molar-refractivity contribution is 5.92. The van der Waals surface area contributed by atoms with Crippen molar-refractivity contribution in [1.82, 2.24) is 4.98 Å². The number of amides is 1. The Hall–Kier alpha value is -2.55. The van der Waals surface area contributed by atoms with Crippen LogP contribution in [0.4, 0.5) is 5.69 Å². The van der Waals surface area contributed by atoms with Gasteiger partial charge in [-0.2, -0.15) is 0 Å². The highest BCUT2D eigenvalue weighted by Gasteiger charge is 2.08. The Morgan fingerprint density at radius 2 is 1.91 bits per heavy atom. The number of carbonyl (C=O) groups is 1. The number of aromatic amines is 1. The first-order valence-electron chi connectivity index (χ1n) is 7.56. The first-order chi connectivity index (χ1) is 10.6. The van der Waals surface area contributed by atoms with Crippen LogP contribution >= 0.6 is 0 Å². The maximum atomic E-state index is 12.2. The maximum absolute atomic E-state index is 12.2. The summed E-state index contributed by atoms with van der Waals surface area (Å²) in [6.45, 7) is 4.09. The summed E-state index contributed by atoms with van der Waals surface area (Å²) < 4.78 is 0. The van der Waals surface area contributed by atoms with Crippen molar-refractivity contribution < 1.29 is 4.79 Å². The molecule has 0 unspecified atom stereocenters. The molecule has 3 rings (SSSR count). The average Bonchev–Trinajstić information content (AvgIpc) is 2.99. The molecule has 0 fully saturated rings. The topological polar surface area (TPSA) is 44.9 Å². The van der Waals surface area contributed by atoms with Gasteiger partial charge in [-0.15, -0.1) is 0 Å². The molecule has 0 radical (unpaired) electrons. The minimum atomic E-state index is 0.0567. The van der Waals surface area contributed by atoms with E-state index in [4.69, 9.17) is 0 Å². The summed E-state index contributed by atoms with van der Waals surface area (Å²) in [7, 11) is 0. The predicted molar refractivity (Wildman–Crippen MR) is 91.2 cm³/mol. The molecular weight excluding hydrogens is 272 g/mol. The molecule has 0 saturated heterocycles. The van der Waals surface area contributed by atoms with E-state index in [1.165, 1.54) is 16.5 Å². The van der Waals surface area contributed by atoms with Crippen LogP contribution in [0.1, 0.15) is 23.1 Å². The van der Waals surface area contributed by atoms with Crippen molar-refractivity contribution >= 4 is 22.5 Å². The lowest BCUT2D eigenvalue weighted by molar-refractivity contribution is -0.116. The molecule has 0 aliphatic rings. The maximum Gasteiger partial charge on any atom is 0.224 e. The van der Waals surface area contributed by atoms with Gasteiger partial charge in [0.1, 0.15) is 0 Å². The van der Waals surface area contributed by atoms with E-state index in [1.807, 2.05) is 31.3 Å². The molecular formula is C19H20N2O. The molecule has 1 amide bonds. The number of nitrogens with one attached hydrogen (secondary N) is 2. The summed E-state index contributed by atoms with van der Waals surface area (Å²) >= 11 is 0. The Labute approximate surface area is 130 Å². The van der Waals surface area contributed by atoms with Gasteiger partial charge >= 0.3 is 0 Å². The monoisotopic (exact) mass is 292 g/mol. The van der Waals surface area contributed by atoms with Crippen LogP contribution in [-0.2, 0) is 11.2 Å². The van der Waals surface area contributed by atoms with Crippen LogP contribution in [0.15, 0.2) is 48.7 Å². The second kappa shape index (κ2) is 6.06. The van der Waals surface area contributed by atoms with Gasteiger partial charge in [0.25, 0.3) is 0 Å². The molecule has 1 heterocycles. The molecule has 112 valence electrons. The van der Waals surface area contributed by atoms with Crippen molar-refractivity contribution in [2.45, 2.75) is 26.7 Å². The number of rotatable bonds is 4. The van der Waals surface area contributed by atoms with Crippen molar-refractivity contribution in [3.05, 3.63) is 65.4 Å². The molecule has 0 aliphatic heterocycles. The van der Waals surface area contributed by atoms with E-state index in [0.717, 1.165) is 23.2 Å². The van der Waals surface area contributed by atoms with Crippen LogP contribution in [-0.4, -0.2) is 10.9 Å². The van der Waals surface area contributed by atoms with E-state index in [9.17, 15) is 4.79 Å². The molecule has 1 aromatic heterocycles. The summed E-state index contributed by atoms with van der Waals surface area (Å²) in [6.07, 6.45) is 3.16. The third-order valence-electron chi connectivity index (χ3n) is 4.19. The van der Waals surface area contributed by atoms with Gasteiger partial charge < -0.3 is 10.3 Å². The quantitative estimate of drug-likeness (QED) is 0.737. The average molecular weight is 292 g/mol. The Morgan fingerprint density at radius 3 is 2.77 bits per heavy atom. The van der Waals surface area contributed by atoms with Crippen LogP contribution in [0.5, 0.6) is 0 Å². The largest absolute Gasteiger partial charge is 0.361 e. The minimum absolute atomic E-state index is 0.0567. The van der Waals surface area contributed by atoms with Crippen molar-refractivity contribution in [1.29, 1.82) is 0 Å². The molecule has 0 atom stereocenters. The fraction of sp³-hybridized carbons (Fsp3) is 0.211. The summed E-state index contributed by atoms with van der Waals surface area (Å²) in [5.74, 6) is 0.0567. The summed E-state index contributed by atoms with van der Waals surface area (Å²) in [5, 5.41) is 4.21. The smallest absolute Gasteiger partial charge is 0.224 e. The number of aromatic nitrogens is 1. The first-order valence-corrected chi connectivity index (χ1v) is 7.56. The fourth-order valence-electron chi connectivity index (χ4n) is 2.72. The SMILES string of the molecule is Cc1cccc(NC(=O)CCc2cccc3[nH]ccc23)c1C. The van der Waals surface area contributed by atoms with Gasteiger partial charge in [0.2, 0.25) is 5.91 Å². The Morgan fingerprint density at radius 1 is 1.09 bits per heavy atom. The normalized spacial score (nSPS) is 10.8. The summed E-state index contributed by atoms with van der Waals surface area (Å²) in [6, 6.07) is 14.2. The van der Waals surface area contributed by atoms with E-state index in [2.05, 4.69) is 41.5 Å². The molecule has 0 spiro atoms. The van der Waals surface area contributed by atoms with Gasteiger partial charge in [-0.25, -0.2) is 0 Å². The second-order valence-corrected chi connectivity index (χ2v) is 5.65. The third-order valence-corrected chi connectivity index (χ3v) is 4.19. The lowest BCUT2D eigenvalue weighted by atomic mass is 10.0. The van der Waals surface area contributed by atoms with Crippen molar-refractivity contribution in [2.24, 2.45) is 0 Å². The van der Waals surface area contributed by atoms with Crippen molar-refractivity contribution in [3.8, 4) is 0 Å². The number of hydrogen-bond acceptors (Lipinski definition) is 1. The van der Waals surface area contributed by atoms with Gasteiger partial charge in [0.15, 0.2) is 0 Å². The first kappa shape index (κ1) is 14.4. The lowest BCUT2D eigenvalue weighted by Crippen LogP contribution is -2.13. The number of carbonyl (C=O) groups excluding carboxylic acids is 1. The zero-order valence-corrected chi connectivity index (χ0v) is 12.9. The number of fused-ring (bicyclic) bond motifs is 1. The lowest BCUT2D eigenvalue weighted by Gasteiger charge is -2.10. The van der Waals surface area contributed by atoms with Crippen LogP contribution in [0.3, 0.4) is 0 Å². The Kier molecular flexibility index (Phi) is 3.96. The zero-order valence-electron chi connectivity index (χ0n) is 12.9. The number of anilines is 1. The van der Waals surface area contributed by atoms with Gasteiger partial charge in [-0.05, 0) is 55.2 Å². The number of H-pyrrole nitrogens is 1. The summed E-state index contributed by atoms with van der Waals surface area (Å²) in [5.41, 5.74) is 5.55. The molecule has 2 N–H and O–H groups in total. The minimum Gasteiger partial charge on any atom is -0.361 e. The fourth-order valence-corrected chi connectivity index (χ4v) is 2.72. The number of hydrogen-bond donors (Lipinski definition) is 2. The molecule has 0 bridgehead atoms. The van der Waals surface area contributed by atoms with Crippen molar-refractivity contribution in [3.63, 3.8) is 0 Å². The van der Waals surface area contributed by atoms with Crippen LogP contribution < -0.4 is 5.32 Å². The zero-order chi connectivity index (χ0) is 15.5. The number of benzene rings is 2. The van der Waals surface area contributed by atoms with Gasteiger partial charge in [0.05, 0.1) is 0 Å². The molecule has 3 heteroatoms. The second-order valence-electron chi connectivity index (χ2n) is 5.65. The molecule has 22 heavy (non-hydrogen) atoms. The van der Waals surface area contributed by atoms with Crippen molar-refractivity contribution in [2.75, 3.05) is 5.32 Å². The van der Waals surface area contributed by atoms with Gasteiger partial charge in [-0.3, -0.25) is 4.79 Å². The molecule has 3 nitrogen and oxygen atoms in total. The van der Waals surface area contributed by atoms with E-state index in [0.29, 0.717) is 6.42 Å². The van der Waals surface area contributed by atoms with Gasteiger partial charge in [-0.1, -0.05) is 24.3 Å². The third kappa shape index (κ3) is 2.89.